The molecule has 0 aliphatic carbocycles. The van der Waals surface area contributed by atoms with Gasteiger partial charge in [0.1, 0.15) is 42.0 Å². The van der Waals surface area contributed by atoms with Gasteiger partial charge < -0.3 is 24.6 Å². The average Bonchev–Trinajstić information content (AvgIpc) is 2.83. The second kappa shape index (κ2) is 13.7. The molecule has 2 N–H and O–H groups in total. The summed E-state index contributed by atoms with van der Waals surface area (Å²) in [6.45, 7) is 6.98. The van der Waals surface area contributed by atoms with E-state index in [4.69, 9.17) is 14.2 Å². The van der Waals surface area contributed by atoms with Gasteiger partial charge >= 0.3 is 0 Å². The first kappa shape index (κ1) is 26.5. The van der Waals surface area contributed by atoms with Gasteiger partial charge in [0.25, 0.3) is 0 Å². The van der Waals surface area contributed by atoms with E-state index in [0.717, 1.165) is 44.1 Å². The first-order chi connectivity index (χ1) is 16.0. The minimum Gasteiger partial charge on any atom is -0.494 e. The number of benzene rings is 1. The van der Waals surface area contributed by atoms with E-state index in [2.05, 4.69) is 25.2 Å². The summed E-state index contributed by atoms with van der Waals surface area (Å²) >= 11 is 0. The van der Waals surface area contributed by atoms with Gasteiger partial charge in [-0.1, -0.05) is 26.7 Å². The lowest BCUT2D eigenvalue weighted by Crippen LogP contribution is -2.56. The number of hydrogen-bond acceptors (Lipinski definition) is 7. The zero-order valence-corrected chi connectivity index (χ0v) is 19.9. The van der Waals surface area contributed by atoms with Gasteiger partial charge in [0.05, 0.1) is 30.8 Å². The van der Waals surface area contributed by atoms with Crippen LogP contribution < -0.4 is 10.1 Å². The van der Waals surface area contributed by atoms with Gasteiger partial charge in [0.15, 0.2) is 0 Å². The van der Waals surface area contributed by atoms with E-state index >= 15 is 0 Å². The molecule has 7 heteroatoms. The van der Waals surface area contributed by atoms with Crippen molar-refractivity contribution < 1.29 is 24.1 Å². The summed E-state index contributed by atoms with van der Waals surface area (Å²) in [7, 11) is 0. The summed E-state index contributed by atoms with van der Waals surface area (Å²) in [6, 6.07) is 7.07. The van der Waals surface area contributed by atoms with Gasteiger partial charge in [-0.05, 0) is 50.8 Å². The molecule has 0 amide bonds. The Morgan fingerprint density at radius 2 is 2.00 bits per heavy atom. The summed E-state index contributed by atoms with van der Waals surface area (Å²) in [5.41, 5.74) is 0.562. The molecule has 1 aromatic carbocycles. The molecule has 1 heterocycles. The molecule has 1 aliphatic rings. The van der Waals surface area contributed by atoms with Crippen molar-refractivity contribution in [2.75, 3.05) is 19.8 Å². The highest BCUT2D eigenvalue weighted by Crippen LogP contribution is 2.45. The summed E-state index contributed by atoms with van der Waals surface area (Å²) in [5, 5.41) is 24.4. The van der Waals surface area contributed by atoms with Crippen molar-refractivity contribution in [3.05, 3.63) is 47.4 Å². The Bertz CT molecular complexity index is 862. The number of ether oxygens (including phenoxy) is 3. The third-order valence-electron chi connectivity index (χ3n) is 5.85. The fourth-order valence-corrected chi connectivity index (χ4v) is 4.15. The fraction of sp³-hybridized carbons (Fsp3) is 0.577. The third-order valence-corrected chi connectivity index (χ3v) is 5.85. The Hall–Kier alpha value is -2.78. The Balaban J connectivity index is 2.37. The lowest BCUT2D eigenvalue weighted by atomic mass is 9.77. The molecule has 2 atom stereocenters. The van der Waals surface area contributed by atoms with Crippen LogP contribution in [0.3, 0.4) is 0 Å². The highest BCUT2D eigenvalue weighted by atomic mass is 16.5. The van der Waals surface area contributed by atoms with Crippen molar-refractivity contribution in [3.8, 4) is 11.8 Å². The smallest absolute Gasteiger partial charge is 0.144 e. The molecule has 2 rings (SSSR count). The van der Waals surface area contributed by atoms with Crippen LogP contribution in [0.25, 0.3) is 0 Å². The molecule has 7 nitrogen and oxygen atoms in total. The minimum atomic E-state index is -0.807. The van der Waals surface area contributed by atoms with E-state index in [1.54, 1.807) is 18.1 Å². The van der Waals surface area contributed by atoms with Crippen LogP contribution >= 0.6 is 0 Å². The monoisotopic (exact) mass is 456 g/mol. The van der Waals surface area contributed by atoms with E-state index in [9.17, 15) is 15.2 Å². The van der Waals surface area contributed by atoms with Crippen LogP contribution in [0.5, 0.6) is 5.75 Å². The van der Waals surface area contributed by atoms with Gasteiger partial charge in [-0.15, -0.1) is 0 Å². The Morgan fingerprint density at radius 1 is 1.27 bits per heavy atom. The largest absolute Gasteiger partial charge is 0.494 e. The molecule has 180 valence electrons. The van der Waals surface area contributed by atoms with E-state index in [1.807, 2.05) is 13.0 Å². The van der Waals surface area contributed by atoms with Crippen molar-refractivity contribution in [1.29, 1.82) is 5.26 Å². The molecule has 0 spiro atoms. The number of unbranched alkanes of at least 4 members (excludes halogenated alkanes) is 2. The first-order valence-corrected chi connectivity index (χ1v) is 11.8. The number of nitriles is 1. The minimum absolute atomic E-state index is 0.103. The molecule has 0 bridgehead atoms. The lowest BCUT2D eigenvalue weighted by molar-refractivity contribution is -0.0992. The third kappa shape index (κ3) is 7.10. The second-order valence-corrected chi connectivity index (χ2v) is 8.21. The Morgan fingerprint density at radius 3 is 2.61 bits per heavy atom. The normalized spacial score (nSPS) is 18.9. The molecule has 0 unspecified atom stereocenters. The van der Waals surface area contributed by atoms with E-state index in [0.29, 0.717) is 30.2 Å². The number of nitrogens with zero attached hydrogens (tertiary/aromatic N) is 1. The maximum atomic E-state index is 11.6. The molecule has 0 fully saturated rings. The van der Waals surface area contributed by atoms with Crippen LogP contribution in [0.1, 0.15) is 76.5 Å². The van der Waals surface area contributed by atoms with Gasteiger partial charge in [-0.2, -0.15) is 5.26 Å². The molecule has 0 saturated heterocycles. The van der Waals surface area contributed by atoms with Gasteiger partial charge in [0, 0.05) is 11.6 Å². The van der Waals surface area contributed by atoms with Crippen LogP contribution in [-0.4, -0.2) is 42.5 Å². The van der Waals surface area contributed by atoms with Crippen molar-refractivity contribution >= 4 is 5.94 Å². The molecular formula is C26H36N2O5. The predicted octanol–water partition coefficient (Wildman–Crippen LogP) is 4.34. The number of fused-ring (bicyclic) bond motifs is 1. The first-order valence-electron chi connectivity index (χ1n) is 11.8. The quantitative estimate of drug-likeness (QED) is 0.244. The number of hydrogen-bond donors (Lipinski definition) is 2. The van der Waals surface area contributed by atoms with Gasteiger partial charge in [-0.3, -0.25) is 0 Å². The van der Waals surface area contributed by atoms with Crippen LogP contribution in [0.15, 0.2) is 36.3 Å². The summed E-state index contributed by atoms with van der Waals surface area (Å²) in [6.07, 6.45) is 7.30. The maximum Gasteiger partial charge on any atom is 0.144 e. The van der Waals surface area contributed by atoms with Crippen molar-refractivity contribution in [3.63, 3.8) is 0 Å². The van der Waals surface area contributed by atoms with E-state index in [-0.39, 0.29) is 6.61 Å². The molecule has 1 aliphatic heterocycles. The number of nitrogens with one attached hydrogen (secondary N) is 1. The van der Waals surface area contributed by atoms with Crippen molar-refractivity contribution in [1.82, 2.24) is 5.32 Å². The van der Waals surface area contributed by atoms with E-state index < -0.39 is 17.7 Å². The standard InChI is InChI=1S/C26H36N2O5/c1-4-7-12-26(13-8-5-2)25(30)24(22-16-20(17-27)10-11-23(22)33-26)28-18-21(32-6-3)19-31-15-9-14-29/h9-11,16,19,24-25,28,30H,4-8,12-13,15,18H2,1-3H3/t24-,25+/m0/s1. The highest BCUT2D eigenvalue weighted by molar-refractivity contribution is 5.46. The number of carbonyl (C=O) groups excluding carboxylic acids is 1. The maximum absolute atomic E-state index is 11.6. The number of aliphatic hydroxyl groups is 1. The van der Waals surface area contributed by atoms with Crippen molar-refractivity contribution in [2.24, 2.45) is 0 Å². The average molecular weight is 457 g/mol. The Labute approximate surface area is 197 Å². The van der Waals surface area contributed by atoms with Crippen LogP contribution in [0.4, 0.5) is 0 Å². The summed E-state index contributed by atoms with van der Waals surface area (Å²) in [5.74, 6) is 2.90. The second-order valence-electron chi connectivity index (χ2n) is 8.21. The Kier molecular flexibility index (Phi) is 11.0. The van der Waals surface area contributed by atoms with Crippen LogP contribution in [-0.2, 0) is 14.3 Å². The molecule has 0 radical (unpaired) electrons. The van der Waals surface area contributed by atoms with Crippen LogP contribution in [0.2, 0.25) is 0 Å². The van der Waals surface area contributed by atoms with Crippen molar-refractivity contribution in [2.45, 2.75) is 77.0 Å². The summed E-state index contributed by atoms with van der Waals surface area (Å²) < 4.78 is 17.5. The highest BCUT2D eigenvalue weighted by Gasteiger charge is 2.48. The van der Waals surface area contributed by atoms with E-state index in [1.165, 1.54) is 12.3 Å². The molecule has 0 aromatic heterocycles. The van der Waals surface area contributed by atoms with Gasteiger partial charge in [-0.25, -0.2) is 4.79 Å². The zero-order chi connectivity index (χ0) is 24.1. The lowest BCUT2D eigenvalue weighted by Gasteiger charge is -2.47. The van der Waals surface area contributed by atoms with Gasteiger partial charge in [0.2, 0.25) is 0 Å². The molecule has 1 aromatic rings. The number of aliphatic hydroxyl groups excluding tert-OH is 1. The fourth-order valence-electron chi connectivity index (χ4n) is 4.15. The molecular weight excluding hydrogens is 420 g/mol. The zero-order valence-electron chi connectivity index (χ0n) is 19.9. The molecule has 0 saturated carbocycles. The topological polar surface area (TPSA) is 101 Å². The summed E-state index contributed by atoms with van der Waals surface area (Å²) in [4.78, 5) is 10.3. The number of rotatable bonds is 14. The predicted molar refractivity (Wildman–Crippen MR) is 126 cm³/mol. The molecule has 33 heavy (non-hydrogen) atoms. The van der Waals surface area contributed by atoms with Crippen LogP contribution in [0, 0.1) is 11.3 Å². The SMILES string of the molecule is CCCCC1(CCCC)Oc2ccc(C#N)cc2[C@H](NCC(=COCC=C=O)OCC)[C@H]1O.